The Morgan fingerprint density at radius 1 is 1.05 bits per heavy atom. The van der Waals surface area contributed by atoms with Crippen molar-refractivity contribution in [3.8, 4) is 0 Å². The molecular formula is C18H30N2O. The van der Waals surface area contributed by atoms with Gasteiger partial charge in [-0.2, -0.15) is 0 Å². The summed E-state index contributed by atoms with van der Waals surface area (Å²) in [6.07, 6.45) is 10.2. The Kier molecular flexibility index (Phi) is 3.52. The number of piperidine rings is 1. The average Bonchev–Trinajstić information content (AvgIpc) is 3.08. The molecule has 3 heteroatoms. The molecular weight excluding hydrogens is 260 g/mol. The van der Waals surface area contributed by atoms with Gasteiger partial charge >= 0.3 is 0 Å². The van der Waals surface area contributed by atoms with Crippen LogP contribution in [0.2, 0.25) is 0 Å². The van der Waals surface area contributed by atoms with E-state index in [1.165, 1.54) is 51.4 Å². The molecule has 0 spiro atoms. The van der Waals surface area contributed by atoms with Gasteiger partial charge in [0.15, 0.2) is 0 Å². The van der Waals surface area contributed by atoms with E-state index in [4.69, 9.17) is 5.73 Å². The molecule has 3 aliphatic carbocycles. The van der Waals surface area contributed by atoms with Crippen LogP contribution in [0.5, 0.6) is 0 Å². The van der Waals surface area contributed by atoms with Gasteiger partial charge in [-0.15, -0.1) is 0 Å². The zero-order valence-electron chi connectivity index (χ0n) is 13.3. The van der Waals surface area contributed by atoms with Gasteiger partial charge in [-0.1, -0.05) is 19.8 Å². The number of hydrogen-bond acceptors (Lipinski definition) is 2. The van der Waals surface area contributed by atoms with Gasteiger partial charge in [0.2, 0.25) is 5.91 Å². The summed E-state index contributed by atoms with van der Waals surface area (Å²) in [4.78, 5) is 15.5. The minimum absolute atomic E-state index is 0.151. The highest BCUT2D eigenvalue weighted by Gasteiger charge is 2.52. The SMILES string of the molecule is CC1CCN(C(=O)C2C3CCC(C3)C2N)C2CCCCC12. The highest BCUT2D eigenvalue weighted by molar-refractivity contribution is 5.81. The van der Waals surface area contributed by atoms with E-state index in [2.05, 4.69) is 11.8 Å². The fourth-order valence-corrected chi connectivity index (χ4v) is 6.08. The first-order valence-corrected chi connectivity index (χ1v) is 9.23. The Morgan fingerprint density at radius 3 is 2.57 bits per heavy atom. The molecule has 0 aromatic rings. The second kappa shape index (κ2) is 5.26. The van der Waals surface area contributed by atoms with Crippen LogP contribution in [0.25, 0.3) is 0 Å². The molecule has 1 aliphatic heterocycles. The van der Waals surface area contributed by atoms with Crippen molar-refractivity contribution in [2.75, 3.05) is 6.54 Å². The molecule has 1 saturated heterocycles. The third-order valence-corrected chi connectivity index (χ3v) is 7.29. The zero-order valence-corrected chi connectivity index (χ0v) is 13.3. The van der Waals surface area contributed by atoms with Crippen molar-refractivity contribution in [3.05, 3.63) is 0 Å². The van der Waals surface area contributed by atoms with Gasteiger partial charge in [0.25, 0.3) is 0 Å². The van der Waals surface area contributed by atoms with Crippen LogP contribution in [0.15, 0.2) is 0 Å². The maximum atomic E-state index is 13.2. The van der Waals surface area contributed by atoms with E-state index in [0.717, 1.165) is 18.4 Å². The number of fused-ring (bicyclic) bond motifs is 3. The van der Waals surface area contributed by atoms with Crippen molar-refractivity contribution in [1.82, 2.24) is 4.90 Å². The van der Waals surface area contributed by atoms with Crippen LogP contribution in [0.1, 0.15) is 58.3 Å². The van der Waals surface area contributed by atoms with Gasteiger partial charge in [-0.3, -0.25) is 4.79 Å². The Morgan fingerprint density at radius 2 is 1.81 bits per heavy atom. The van der Waals surface area contributed by atoms with Gasteiger partial charge in [-0.05, 0) is 62.2 Å². The molecule has 21 heavy (non-hydrogen) atoms. The van der Waals surface area contributed by atoms with Crippen LogP contribution < -0.4 is 5.73 Å². The van der Waals surface area contributed by atoms with Crippen molar-refractivity contribution in [3.63, 3.8) is 0 Å². The molecule has 3 nitrogen and oxygen atoms in total. The van der Waals surface area contributed by atoms with Crippen LogP contribution in [-0.2, 0) is 4.79 Å². The van der Waals surface area contributed by atoms with Gasteiger partial charge in [0, 0.05) is 18.6 Å². The molecule has 1 heterocycles. The smallest absolute Gasteiger partial charge is 0.227 e. The molecule has 7 unspecified atom stereocenters. The summed E-state index contributed by atoms with van der Waals surface area (Å²) in [6.45, 7) is 3.38. The predicted octanol–water partition coefficient (Wildman–Crippen LogP) is 2.79. The van der Waals surface area contributed by atoms with Crippen LogP contribution >= 0.6 is 0 Å². The largest absolute Gasteiger partial charge is 0.339 e. The molecule has 2 bridgehead atoms. The predicted molar refractivity (Wildman–Crippen MR) is 83.5 cm³/mol. The lowest BCUT2D eigenvalue weighted by Gasteiger charge is -2.49. The summed E-state index contributed by atoms with van der Waals surface area (Å²) in [5, 5.41) is 0. The highest BCUT2D eigenvalue weighted by atomic mass is 16.2. The van der Waals surface area contributed by atoms with Crippen molar-refractivity contribution in [2.24, 2.45) is 35.3 Å². The Labute approximate surface area is 128 Å². The molecule has 0 aromatic carbocycles. The third-order valence-electron chi connectivity index (χ3n) is 7.29. The Bertz CT molecular complexity index is 421. The fourth-order valence-electron chi connectivity index (χ4n) is 6.08. The third kappa shape index (κ3) is 2.15. The normalized spacial score (nSPS) is 49.2. The van der Waals surface area contributed by atoms with Gasteiger partial charge in [0.05, 0.1) is 5.92 Å². The average molecular weight is 290 g/mol. The van der Waals surface area contributed by atoms with Gasteiger partial charge in [-0.25, -0.2) is 0 Å². The van der Waals surface area contributed by atoms with Crippen LogP contribution in [0.3, 0.4) is 0 Å². The summed E-state index contributed by atoms with van der Waals surface area (Å²) in [7, 11) is 0. The summed E-state index contributed by atoms with van der Waals surface area (Å²) in [5.41, 5.74) is 6.42. The van der Waals surface area contributed by atoms with Crippen LogP contribution in [0.4, 0.5) is 0 Å². The first-order chi connectivity index (χ1) is 10.2. The van der Waals surface area contributed by atoms with Gasteiger partial charge in [0.1, 0.15) is 0 Å². The van der Waals surface area contributed by atoms with E-state index in [0.29, 0.717) is 23.8 Å². The second-order valence-electron chi connectivity index (χ2n) is 8.25. The van der Waals surface area contributed by atoms with Gasteiger partial charge < -0.3 is 10.6 Å². The van der Waals surface area contributed by atoms with E-state index in [9.17, 15) is 4.79 Å². The highest BCUT2D eigenvalue weighted by Crippen LogP contribution is 2.49. The number of carbonyl (C=O) groups excluding carboxylic acids is 1. The molecule has 3 saturated carbocycles. The Balaban J connectivity index is 1.53. The number of nitrogens with zero attached hydrogens (tertiary/aromatic N) is 1. The molecule has 7 atom stereocenters. The van der Waals surface area contributed by atoms with E-state index in [1.807, 2.05) is 0 Å². The van der Waals surface area contributed by atoms with Crippen molar-refractivity contribution >= 4 is 5.91 Å². The Hall–Kier alpha value is -0.570. The fraction of sp³-hybridized carbons (Fsp3) is 0.944. The summed E-state index contributed by atoms with van der Waals surface area (Å²) in [6, 6.07) is 0.680. The second-order valence-corrected chi connectivity index (χ2v) is 8.25. The van der Waals surface area contributed by atoms with Crippen LogP contribution in [0, 0.1) is 29.6 Å². The molecule has 0 aromatic heterocycles. The summed E-state index contributed by atoms with van der Waals surface area (Å²) >= 11 is 0. The maximum Gasteiger partial charge on any atom is 0.227 e. The number of nitrogens with two attached hydrogens (primary N) is 1. The molecule has 4 rings (SSSR count). The first-order valence-electron chi connectivity index (χ1n) is 9.23. The molecule has 118 valence electrons. The number of likely N-dealkylation sites (tertiary alicyclic amines) is 1. The summed E-state index contributed by atoms with van der Waals surface area (Å²) < 4.78 is 0. The lowest BCUT2D eigenvalue weighted by atomic mass is 9.72. The van der Waals surface area contributed by atoms with E-state index >= 15 is 0 Å². The molecule has 1 amide bonds. The number of hydrogen-bond donors (Lipinski definition) is 1. The van der Waals surface area contributed by atoms with Crippen LogP contribution in [-0.4, -0.2) is 29.4 Å². The monoisotopic (exact) mass is 290 g/mol. The standard InChI is InChI=1S/C18H30N2O/c1-11-8-9-20(15-5-3-2-4-14(11)15)18(21)16-12-6-7-13(10-12)17(16)19/h11-17H,2-10,19H2,1H3. The molecule has 4 aliphatic rings. The molecule has 0 radical (unpaired) electrons. The minimum atomic E-state index is 0.151. The molecule has 4 fully saturated rings. The number of amides is 1. The molecule has 2 N–H and O–H groups in total. The lowest BCUT2D eigenvalue weighted by Crippen LogP contribution is -2.56. The zero-order chi connectivity index (χ0) is 14.6. The lowest BCUT2D eigenvalue weighted by molar-refractivity contribution is -0.145. The van der Waals surface area contributed by atoms with E-state index < -0.39 is 0 Å². The quantitative estimate of drug-likeness (QED) is 0.807. The maximum absolute atomic E-state index is 13.2. The van der Waals surface area contributed by atoms with Crippen molar-refractivity contribution in [2.45, 2.75) is 70.4 Å². The van der Waals surface area contributed by atoms with Crippen molar-refractivity contribution < 1.29 is 4.79 Å². The van der Waals surface area contributed by atoms with E-state index in [-0.39, 0.29) is 12.0 Å². The van der Waals surface area contributed by atoms with Crippen molar-refractivity contribution in [1.29, 1.82) is 0 Å². The summed E-state index contributed by atoms with van der Waals surface area (Å²) in [5.74, 6) is 3.37. The minimum Gasteiger partial charge on any atom is -0.339 e. The topological polar surface area (TPSA) is 46.3 Å². The van der Waals surface area contributed by atoms with E-state index in [1.54, 1.807) is 0 Å². The first kappa shape index (κ1) is 14.0. The number of rotatable bonds is 1. The number of carbonyl (C=O) groups is 1.